The number of nitrogens with zero attached hydrogens (tertiary/aromatic N) is 2. The van der Waals surface area contributed by atoms with Gasteiger partial charge < -0.3 is 10.0 Å². The molecule has 0 aliphatic heterocycles. The highest BCUT2D eigenvalue weighted by Crippen LogP contribution is 2.24. The molecule has 1 rings (SSSR count). The molecule has 6 nitrogen and oxygen atoms in total. The zero-order valence-electron chi connectivity index (χ0n) is 8.15. The number of hydrogen-bond acceptors (Lipinski definition) is 6. The van der Waals surface area contributed by atoms with Gasteiger partial charge in [-0.05, 0) is 14.1 Å². The first kappa shape index (κ1) is 11.0. The number of aromatic nitrogens is 1. The Hall–Kier alpha value is -1.05. The summed E-state index contributed by atoms with van der Waals surface area (Å²) in [5.41, 5.74) is 0. The summed E-state index contributed by atoms with van der Waals surface area (Å²) in [6, 6.07) is 0. The second-order valence-corrected chi connectivity index (χ2v) is 4.13. The first-order valence-corrected chi connectivity index (χ1v) is 4.91. The zero-order chi connectivity index (χ0) is 10.7. The third-order valence-corrected chi connectivity index (χ3v) is 2.57. The number of aromatic hydroxyl groups is 1. The van der Waals surface area contributed by atoms with Crippen LogP contribution in [0, 0.1) is 0 Å². The van der Waals surface area contributed by atoms with E-state index in [1.54, 1.807) is 0 Å². The SMILES string of the molecule is CN(C)CCN(N)c1sc(=O)[nH]c1O. The van der Waals surface area contributed by atoms with Crippen molar-refractivity contribution in [1.29, 1.82) is 0 Å². The van der Waals surface area contributed by atoms with Crippen molar-refractivity contribution in [2.24, 2.45) is 5.84 Å². The molecule has 0 aromatic carbocycles. The molecule has 4 N–H and O–H groups in total. The molecule has 0 unspecified atom stereocenters. The van der Waals surface area contributed by atoms with Gasteiger partial charge in [-0.15, -0.1) is 0 Å². The van der Waals surface area contributed by atoms with E-state index in [0.29, 0.717) is 11.5 Å². The summed E-state index contributed by atoms with van der Waals surface area (Å²) < 4.78 is 0. The lowest BCUT2D eigenvalue weighted by Gasteiger charge is -2.18. The minimum Gasteiger partial charge on any atom is -0.492 e. The van der Waals surface area contributed by atoms with E-state index in [4.69, 9.17) is 5.84 Å². The molecule has 0 aliphatic carbocycles. The van der Waals surface area contributed by atoms with Crippen LogP contribution in [0.2, 0.25) is 0 Å². The number of nitrogens with two attached hydrogens (primary N) is 1. The minimum atomic E-state index is -0.308. The van der Waals surface area contributed by atoms with Gasteiger partial charge in [0.1, 0.15) is 0 Å². The molecule has 0 saturated carbocycles. The van der Waals surface area contributed by atoms with Crippen molar-refractivity contribution in [3.05, 3.63) is 9.67 Å². The van der Waals surface area contributed by atoms with Gasteiger partial charge in [0.25, 0.3) is 0 Å². The molecule has 7 heteroatoms. The summed E-state index contributed by atoms with van der Waals surface area (Å²) >= 11 is 0.895. The van der Waals surface area contributed by atoms with Crippen molar-refractivity contribution >= 4 is 16.3 Å². The van der Waals surface area contributed by atoms with Crippen molar-refractivity contribution in [2.75, 3.05) is 32.2 Å². The summed E-state index contributed by atoms with van der Waals surface area (Å²) in [7, 11) is 3.85. The lowest BCUT2D eigenvalue weighted by Crippen LogP contribution is -2.36. The highest BCUT2D eigenvalue weighted by atomic mass is 32.1. The second-order valence-electron chi connectivity index (χ2n) is 3.16. The summed E-state index contributed by atoms with van der Waals surface area (Å²) in [6.45, 7) is 1.30. The molecule has 0 spiro atoms. The van der Waals surface area contributed by atoms with E-state index in [2.05, 4.69) is 4.98 Å². The van der Waals surface area contributed by atoms with Crippen LogP contribution in [0.5, 0.6) is 5.88 Å². The van der Waals surface area contributed by atoms with Gasteiger partial charge in [-0.2, -0.15) is 0 Å². The smallest absolute Gasteiger partial charge is 0.309 e. The third kappa shape index (κ3) is 2.72. The normalized spacial score (nSPS) is 10.9. The van der Waals surface area contributed by atoms with E-state index < -0.39 is 0 Å². The molecular weight excluding hydrogens is 204 g/mol. The van der Waals surface area contributed by atoms with Crippen LogP contribution in [0.4, 0.5) is 5.00 Å². The molecule has 80 valence electrons. The molecule has 14 heavy (non-hydrogen) atoms. The Morgan fingerprint density at radius 3 is 2.57 bits per heavy atom. The Balaban J connectivity index is 2.64. The average Bonchev–Trinajstić information content (AvgIpc) is 2.41. The van der Waals surface area contributed by atoms with E-state index in [1.165, 1.54) is 5.01 Å². The van der Waals surface area contributed by atoms with Gasteiger partial charge in [-0.1, -0.05) is 11.3 Å². The number of H-pyrrole nitrogens is 1. The van der Waals surface area contributed by atoms with E-state index in [9.17, 15) is 9.90 Å². The number of nitrogens with one attached hydrogen (secondary N) is 1. The predicted molar refractivity (Wildman–Crippen MR) is 56.7 cm³/mol. The molecule has 0 atom stereocenters. The largest absolute Gasteiger partial charge is 0.492 e. The van der Waals surface area contributed by atoms with Crippen LogP contribution in [0.15, 0.2) is 4.79 Å². The maximum Gasteiger partial charge on any atom is 0.309 e. The van der Waals surface area contributed by atoms with E-state index in [1.807, 2.05) is 19.0 Å². The molecule has 0 radical (unpaired) electrons. The van der Waals surface area contributed by atoms with Crippen LogP contribution in [0.25, 0.3) is 0 Å². The van der Waals surface area contributed by atoms with Crippen LogP contribution in [0.1, 0.15) is 0 Å². The van der Waals surface area contributed by atoms with Gasteiger partial charge in [0, 0.05) is 13.1 Å². The monoisotopic (exact) mass is 218 g/mol. The van der Waals surface area contributed by atoms with Gasteiger partial charge in [0.15, 0.2) is 5.00 Å². The van der Waals surface area contributed by atoms with Gasteiger partial charge in [-0.25, -0.2) is 5.84 Å². The predicted octanol–water partition coefficient (Wildman–Crippen LogP) is -0.616. The number of hydrazine groups is 1. The number of anilines is 1. The van der Waals surface area contributed by atoms with E-state index >= 15 is 0 Å². The summed E-state index contributed by atoms with van der Waals surface area (Å²) in [6.07, 6.45) is 0. The Morgan fingerprint density at radius 2 is 2.14 bits per heavy atom. The highest BCUT2D eigenvalue weighted by molar-refractivity contribution is 7.13. The number of hydrogen-bond donors (Lipinski definition) is 3. The third-order valence-electron chi connectivity index (χ3n) is 1.66. The minimum absolute atomic E-state index is 0.166. The Bertz CT molecular complexity index is 346. The first-order valence-electron chi connectivity index (χ1n) is 4.09. The topological polar surface area (TPSA) is 85.6 Å². The molecule has 1 aromatic heterocycles. The van der Waals surface area contributed by atoms with Crippen LogP contribution in [-0.2, 0) is 0 Å². The Kier molecular flexibility index (Phi) is 3.50. The summed E-state index contributed by atoms with van der Waals surface area (Å²) in [5.74, 6) is 5.49. The van der Waals surface area contributed by atoms with Gasteiger partial charge in [0.2, 0.25) is 5.88 Å². The molecule has 0 amide bonds. The number of rotatable bonds is 4. The van der Waals surface area contributed by atoms with Crippen molar-refractivity contribution in [2.45, 2.75) is 0 Å². The fraction of sp³-hybridized carbons (Fsp3) is 0.571. The standard InChI is InChI=1S/C7H14N4O2S/c1-10(2)3-4-11(8)6-5(12)9-7(13)14-6/h12H,3-4,8H2,1-2H3,(H,9,13). The van der Waals surface area contributed by atoms with Crippen LogP contribution in [-0.4, -0.2) is 42.2 Å². The van der Waals surface area contributed by atoms with E-state index in [0.717, 1.165) is 17.9 Å². The molecule has 0 saturated heterocycles. The van der Waals surface area contributed by atoms with Crippen molar-refractivity contribution in [3.63, 3.8) is 0 Å². The average molecular weight is 218 g/mol. The van der Waals surface area contributed by atoms with Crippen LogP contribution < -0.4 is 15.7 Å². The maximum absolute atomic E-state index is 10.9. The first-order chi connectivity index (χ1) is 6.50. The fourth-order valence-corrected chi connectivity index (χ4v) is 1.60. The lowest BCUT2D eigenvalue weighted by atomic mass is 10.5. The maximum atomic E-state index is 10.9. The van der Waals surface area contributed by atoms with Crippen molar-refractivity contribution in [1.82, 2.24) is 9.88 Å². The highest BCUT2D eigenvalue weighted by Gasteiger charge is 2.11. The molecule has 0 aliphatic rings. The van der Waals surface area contributed by atoms with Gasteiger partial charge in [0.05, 0.1) is 0 Å². The van der Waals surface area contributed by atoms with Crippen molar-refractivity contribution < 1.29 is 5.11 Å². The van der Waals surface area contributed by atoms with Gasteiger partial charge in [-0.3, -0.25) is 14.8 Å². The number of thiazole rings is 1. The quantitative estimate of drug-likeness (QED) is 0.463. The number of likely N-dealkylation sites (N-methyl/N-ethyl adjacent to an activating group) is 1. The zero-order valence-corrected chi connectivity index (χ0v) is 8.97. The van der Waals surface area contributed by atoms with E-state index in [-0.39, 0.29) is 10.8 Å². The molecular formula is C7H14N4O2S. The van der Waals surface area contributed by atoms with Crippen LogP contribution in [0.3, 0.4) is 0 Å². The van der Waals surface area contributed by atoms with Gasteiger partial charge >= 0.3 is 4.87 Å². The fourth-order valence-electron chi connectivity index (χ4n) is 0.916. The van der Waals surface area contributed by atoms with Crippen molar-refractivity contribution in [3.8, 4) is 5.88 Å². The Morgan fingerprint density at radius 1 is 1.50 bits per heavy atom. The van der Waals surface area contributed by atoms with Crippen LogP contribution >= 0.6 is 11.3 Å². The molecule has 1 aromatic rings. The lowest BCUT2D eigenvalue weighted by molar-refractivity contribution is 0.411. The molecule has 0 bridgehead atoms. The second kappa shape index (κ2) is 4.45. The number of aromatic amines is 1. The molecule has 0 fully saturated rings. The Labute approximate surface area is 85.5 Å². The summed E-state index contributed by atoms with van der Waals surface area (Å²) in [5, 5.41) is 11.0. The molecule has 1 heterocycles. The summed E-state index contributed by atoms with van der Waals surface area (Å²) in [4.78, 5) is 14.8.